The molecule has 2 heterocycles. The van der Waals surface area contributed by atoms with Crippen LogP contribution < -0.4 is 10.6 Å². The zero-order valence-corrected chi connectivity index (χ0v) is 18.5. The summed E-state index contributed by atoms with van der Waals surface area (Å²) < 4.78 is 5.19. The van der Waals surface area contributed by atoms with E-state index < -0.39 is 24.1 Å². The van der Waals surface area contributed by atoms with Gasteiger partial charge in [-0.3, -0.25) is 19.3 Å². The Morgan fingerprint density at radius 2 is 1.94 bits per heavy atom. The molecular weight excluding hydrogens is 432 g/mol. The Kier molecular flexibility index (Phi) is 6.22. The van der Waals surface area contributed by atoms with Gasteiger partial charge in [0.25, 0.3) is 5.91 Å². The van der Waals surface area contributed by atoms with Gasteiger partial charge in [0.1, 0.15) is 23.7 Å². The molecule has 0 bridgehead atoms. The van der Waals surface area contributed by atoms with Crippen LogP contribution in [0.5, 0.6) is 0 Å². The van der Waals surface area contributed by atoms with Crippen molar-refractivity contribution in [3.05, 3.63) is 45.9 Å². The quantitative estimate of drug-likeness (QED) is 0.488. The lowest BCUT2D eigenvalue weighted by Gasteiger charge is -2.19. The smallest absolute Gasteiger partial charge is 0.326 e. The maximum Gasteiger partial charge on any atom is 0.326 e. The van der Waals surface area contributed by atoms with Crippen LogP contribution in [-0.4, -0.2) is 45.8 Å². The van der Waals surface area contributed by atoms with Crippen molar-refractivity contribution in [2.75, 3.05) is 11.9 Å². The van der Waals surface area contributed by atoms with E-state index in [0.29, 0.717) is 29.2 Å². The molecule has 4 amide bonds. The number of anilines is 1. The molecule has 168 valence electrons. The summed E-state index contributed by atoms with van der Waals surface area (Å²) in [5.74, 6) is -1.23. The van der Waals surface area contributed by atoms with Gasteiger partial charge in [0.15, 0.2) is 0 Å². The molecule has 0 unspecified atom stereocenters. The zero-order chi connectivity index (χ0) is 22.7. The maximum absolute atomic E-state index is 12.6. The molecule has 1 aromatic carbocycles. The Balaban J connectivity index is 1.24. The molecule has 32 heavy (non-hydrogen) atoms. The Morgan fingerprint density at radius 3 is 2.66 bits per heavy atom. The van der Waals surface area contributed by atoms with Crippen LogP contribution in [0.15, 0.2) is 29.6 Å². The molecule has 2 fully saturated rings. The van der Waals surface area contributed by atoms with E-state index in [1.165, 1.54) is 11.3 Å². The summed E-state index contributed by atoms with van der Waals surface area (Å²) in [6, 6.07) is 6.95. The van der Waals surface area contributed by atoms with E-state index in [2.05, 4.69) is 15.6 Å². The summed E-state index contributed by atoms with van der Waals surface area (Å²) in [6.45, 7) is 1.45. The number of esters is 1. The third-order valence-electron chi connectivity index (χ3n) is 5.62. The molecule has 1 saturated heterocycles. The highest BCUT2D eigenvalue weighted by Crippen LogP contribution is 2.34. The molecule has 1 aliphatic heterocycles. The summed E-state index contributed by atoms with van der Waals surface area (Å²) in [4.78, 5) is 54.4. The number of imide groups is 1. The summed E-state index contributed by atoms with van der Waals surface area (Å²) in [5, 5.41) is 7.85. The molecule has 1 aliphatic carbocycles. The van der Waals surface area contributed by atoms with Crippen LogP contribution in [0.4, 0.5) is 10.5 Å². The molecule has 0 radical (unpaired) electrons. The van der Waals surface area contributed by atoms with E-state index in [0.717, 1.165) is 23.3 Å². The summed E-state index contributed by atoms with van der Waals surface area (Å²) in [5.41, 5.74) is 1.48. The third kappa shape index (κ3) is 4.80. The second-order valence-electron chi connectivity index (χ2n) is 8.09. The first-order chi connectivity index (χ1) is 15.3. The maximum atomic E-state index is 12.6. The Bertz CT molecular complexity index is 1040. The first kappa shape index (κ1) is 21.9. The number of benzene rings is 1. The van der Waals surface area contributed by atoms with Crippen molar-refractivity contribution in [1.29, 1.82) is 0 Å². The number of nitrogens with zero attached hydrogens (tertiary/aromatic N) is 2. The van der Waals surface area contributed by atoms with Crippen molar-refractivity contribution in [2.45, 2.75) is 51.2 Å². The SMILES string of the molecule is Cc1ccc(NC(=O)Cc2nc(COC(=O)CN3C(=O)NC4(CCCC4)C3=O)cs2)cc1. The molecule has 1 aromatic heterocycles. The molecule has 4 rings (SSSR count). The number of nitrogens with one attached hydrogen (secondary N) is 2. The third-order valence-corrected chi connectivity index (χ3v) is 6.52. The van der Waals surface area contributed by atoms with Crippen LogP contribution in [0.1, 0.15) is 41.9 Å². The lowest BCUT2D eigenvalue weighted by atomic mass is 9.98. The van der Waals surface area contributed by atoms with E-state index in [9.17, 15) is 19.2 Å². The standard InChI is InChI=1S/C22H24N4O5S/c1-14-4-6-15(7-5-14)23-17(27)10-18-24-16(13-32-18)12-31-19(28)11-26-20(29)22(25-21(26)30)8-2-3-9-22/h4-7,13H,2-3,8-12H2,1H3,(H,23,27)(H,25,30). The van der Waals surface area contributed by atoms with Crippen molar-refractivity contribution >= 4 is 40.8 Å². The lowest BCUT2D eigenvalue weighted by molar-refractivity contribution is -0.148. The van der Waals surface area contributed by atoms with Gasteiger partial charge in [-0.1, -0.05) is 30.5 Å². The van der Waals surface area contributed by atoms with E-state index >= 15 is 0 Å². The van der Waals surface area contributed by atoms with Gasteiger partial charge in [-0.15, -0.1) is 11.3 Å². The minimum atomic E-state index is -0.847. The minimum absolute atomic E-state index is 0.0935. The molecule has 0 atom stereocenters. The summed E-state index contributed by atoms with van der Waals surface area (Å²) in [6.07, 6.45) is 3.06. The number of ether oxygens (including phenoxy) is 1. The number of hydrogen-bond acceptors (Lipinski definition) is 7. The number of thiazole rings is 1. The molecule has 2 N–H and O–H groups in total. The number of rotatable bonds is 7. The van der Waals surface area contributed by atoms with Crippen LogP contribution in [0, 0.1) is 6.92 Å². The van der Waals surface area contributed by atoms with Crippen molar-refractivity contribution in [3.8, 4) is 0 Å². The highest BCUT2D eigenvalue weighted by Gasteiger charge is 2.52. The van der Waals surface area contributed by atoms with Crippen LogP contribution >= 0.6 is 11.3 Å². The molecule has 10 heteroatoms. The molecule has 2 aromatic rings. The van der Waals surface area contributed by atoms with E-state index in [1.807, 2.05) is 31.2 Å². The highest BCUT2D eigenvalue weighted by atomic mass is 32.1. The first-order valence-corrected chi connectivity index (χ1v) is 11.3. The van der Waals surface area contributed by atoms with Crippen LogP contribution in [-0.2, 0) is 32.1 Å². The Morgan fingerprint density at radius 1 is 1.22 bits per heavy atom. The van der Waals surface area contributed by atoms with Crippen LogP contribution in [0.2, 0.25) is 0 Å². The van der Waals surface area contributed by atoms with E-state index in [1.54, 1.807) is 5.38 Å². The Hall–Kier alpha value is -3.27. The number of carbonyl (C=O) groups is 4. The first-order valence-electron chi connectivity index (χ1n) is 10.4. The average Bonchev–Trinajstić information content (AvgIpc) is 3.46. The number of aryl methyl sites for hydroxylation is 1. The highest BCUT2D eigenvalue weighted by molar-refractivity contribution is 7.09. The molecule has 1 saturated carbocycles. The molecule has 1 spiro atoms. The lowest BCUT2D eigenvalue weighted by Crippen LogP contribution is -2.44. The fourth-order valence-electron chi connectivity index (χ4n) is 3.94. The fourth-order valence-corrected chi connectivity index (χ4v) is 4.72. The van der Waals surface area contributed by atoms with E-state index in [4.69, 9.17) is 4.74 Å². The topological polar surface area (TPSA) is 118 Å². The normalized spacial score (nSPS) is 17.0. The largest absolute Gasteiger partial charge is 0.458 e. The average molecular weight is 457 g/mol. The zero-order valence-electron chi connectivity index (χ0n) is 17.7. The van der Waals surface area contributed by atoms with Crippen LogP contribution in [0.3, 0.4) is 0 Å². The van der Waals surface area contributed by atoms with Gasteiger partial charge in [0.05, 0.1) is 12.1 Å². The van der Waals surface area contributed by atoms with Gasteiger partial charge >= 0.3 is 12.0 Å². The minimum Gasteiger partial charge on any atom is -0.458 e. The number of hydrogen-bond donors (Lipinski definition) is 2. The van der Waals surface area contributed by atoms with Gasteiger partial charge in [0, 0.05) is 11.1 Å². The van der Waals surface area contributed by atoms with Crippen molar-refractivity contribution in [2.24, 2.45) is 0 Å². The van der Waals surface area contributed by atoms with Gasteiger partial charge in [-0.05, 0) is 31.9 Å². The monoisotopic (exact) mass is 456 g/mol. The van der Waals surface area contributed by atoms with Gasteiger partial charge < -0.3 is 15.4 Å². The number of amides is 4. The number of urea groups is 1. The van der Waals surface area contributed by atoms with Crippen molar-refractivity contribution in [1.82, 2.24) is 15.2 Å². The van der Waals surface area contributed by atoms with Gasteiger partial charge in [-0.25, -0.2) is 9.78 Å². The predicted molar refractivity (Wildman–Crippen MR) is 117 cm³/mol. The molecule has 9 nitrogen and oxygen atoms in total. The second kappa shape index (κ2) is 9.07. The number of carbonyl (C=O) groups excluding carboxylic acids is 4. The predicted octanol–water partition coefficient (Wildman–Crippen LogP) is 2.54. The fraction of sp³-hybridized carbons (Fsp3) is 0.409. The summed E-state index contributed by atoms with van der Waals surface area (Å²) in [7, 11) is 0. The second-order valence-corrected chi connectivity index (χ2v) is 9.04. The number of aromatic nitrogens is 1. The van der Waals surface area contributed by atoms with Crippen molar-refractivity contribution < 1.29 is 23.9 Å². The van der Waals surface area contributed by atoms with Crippen LogP contribution in [0.25, 0.3) is 0 Å². The van der Waals surface area contributed by atoms with E-state index in [-0.39, 0.29) is 24.8 Å². The van der Waals surface area contributed by atoms with Gasteiger partial charge in [0.2, 0.25) is 5.91 Å². The molecule has 2 aliphatic rings. The molecular formula is C22H24N4O5S. The van der Waals surface area contributed by atoms with Gasteiger partial charge in [-0.2, -0.15) is 0 Å². The summed E-state index contributed by atoms with van der Waals surface area (Å²) >= 11 is 1.30. The van der Waals surface area contributed by atoms with Crippen molar-refractivity contribution in [3.63, 3.8) is 0 Å². The Labute approximate surface area is 189 Å².